The summed E-state index contributed by atoms with van der Waals surface area (Å²) < 4.78 is 0. The molecule has 2 amide bonds. The van der Waals surface area contributed by atoms with Crippen molar-refractivity contribution in [2.24, 2.45) is 11.3 Å². The third-order valence-electron chi connectivity index (χ3n) is 6.19. The second-order valence-corrected chi connectivity index (χ2v) is 9.77. The molecule has 0 atom stereocenters. The molecule has 0 radical (unpaired) electrons. The fourth-order valence-electron chi connectivity index (χ4n) is 4.35. The van der Waals surface area contributed by atoms with Gasteiger partial charge in [-0.05, 0) is 68.5 Å². The van der Waals surface area contributed by atoms with Gasteiger partial charge in [0.15, 0.2) is 0 Å². The Kier molecular flexibility index (Phi) is 5.77. The van der Waals surface area contributed by atoms with Crippen LogP contribution >= 0.6 is 11.3 Å². The number of benzene rings is 1. The van der Waals surface area contributed by atoms with Gasteiger partial charge in [0.2, 0.25) is 11.8 Å². The van der Waals surface area contributed by atoms with E-state index in [1.54, 1.807) is 11.3 Å². The highest BCUT2D eigenvalue weighted by Crippen LogP contribution is 2.40. The Morgan fingerprint density at radius 2 is 1.86 bits per heavy atom. The van der Waals surface area contributed by atoms with Gasteiger partial charge in [0.25, 0.3) is 0 Å². The Morgan fingerprint density at radius 3 is 2.48 bits per heavy atom. The Bertz CT molecular complexity index is 863. The number of rotatable bonds is 6. The SMILES string of the molecule is CC(C)NC(=O)C1(Cc2ccccc2-c2cccs2)CCN(C(=O)C2CC2)CC1. The molecule has 2 fully saturated rings. The number of piperidine rings is 1. The highest BCUT2D eigenvalue weighted by molar-refractivity contribution is 7.13. The molecule has 5 heteroatoms. The molecule has 2 aromatic rings. The Hall–Kier alpha value is -2.14. The molecule has 1 N–H and O–H groups in total. The summed E-state index contributed by atoms with van der Waals surface area (Å²) in [4.78, 5) is 29.1. The van der Waals surface area contributed by atoms with E-state index in [1.807, 2.05) is 18.7 Å². The maximum atomic E-state index is 13.3. The van der Waals surface area contributed by atoms with Crippen LogP contribution in [0.3, 0.4) is 0 Å². The van der Waals surface area contributed by atoms with E-state index in [0.29, 0.717) is 25.4 Å². The van der Waals surface area contributed by atoms with Crippen LogP contribution in [0.5, 0.6) is 0 Å². The minimum atomic E-state index is -0.460. The van der Waals surface area contributed by atoms with Gasteiger partial charge in [-0.2, -0.15) is 0 Å². The summed E-state index contributed by atoms with van der Waals surface area (Å²) in [6, 6.07) is 12.8. The van der Waals surface area contributed by atoms with E-state index in [9.17, 15) is 9.59 Å². The van der Waals surface area contributed by atoms with Gasteiger partial charge in [0, 0.05) is 29.9 Å². The number of carbonyl (C=O) groups is 2. The van der Waals surface area contributed by atoms with Gasteiger partial charge < -0.3 is 10.2 Å². The van der Waals surface area contributed by atoms with Crippen molar-refractivity contribution in [2.45, 2.75) is 52.0 Å². The van der Waals surface area contributed by atoms with E-state index in [1.165, 1.54) is 16.0 Å². The lowest BCUT2D eigenvalue weighted by Gasteiger charge is -2.41. The second kappa shape index (κ2) is 8.31. The standard InChI is InChI=1S/C24H30N2O2S/c1-17(2)25-23(28)24(11-13-26(14-12-24)22(27)18-9-10-18)16-19-6-3-4-7-20(19)21-8-5-15-29-21/h3-8,15,17-18H,9-14,16H2,1-2H3,(H,25,28). The first-order chi connectivity index (χ1) is 14.0. The predicted octanol–water partition coefficient (Wildman–Crippen LogP) is 4.50. The quantitative estimate of drug-likeness (QED) is 0.762. The Morgan fingerprint density at radius 1 is 1.14 bits per heavy atom. The molecule has 29 heavy (non-hydrogen) atoms. The van der Waals surface area contributed by atoms with E-state index in [0.717, 1.165) is 25.7 Å². The molecule has 1 aliphatic carbocycles. The molecule has 4 rings (SSSR count). The monoisotopic (exact) mass is 410 g/mol. The zero-order valence-corrected chi connectivity index (χ0v) is 18.1. The number of carbonyl (C=O) groups excluding carboxylic acids is 2. The smallest absolute Gasteiger partial charge is 0.226 e. The van der Waals surface area contributed by atoms with E-state index < -0.39 is 5.41 Å². The van der Waals surface area contributed by atoms with E-state index in [2.05, 4.69) is 47.1 Å². The van der Waals surface area contributed by atoms with Crippen LogP contribution in [0.2, 0.25) is 0 Å². The zero-order chi connectivity index (χ0) is 20.4. The Balaban J connectivity index is 1.59. The number of hydrogen-bond donors (Lipinski definition) is 1. The van der Waals surface area contributed by atoms with Crippen LogP contribution in [0.15, 0.2) is 41.8 Å². The average Bonchev–Trinajstić information content (AvgIpc) is 3.42. The lowest BCUT2D eigenvalue weighted by atomic mass is 9.72. The van der Waals surface area contributed by atoms with Crippen molar-refractivity contribution >= 4 is 23.2 Å². The summed E-state index contributed by atoms with van der Waals surface area (Å²) in [5.41, 5.74) is 1.98. The number of nitrogens with one attached hydrogen (secondary N) is 1. The van der Waals surface area contributed by atoms with Gasteiger partial charge in [-0.15, -0.1) is 11.3 Å². The normalized spacial score (nSPS) is 18.7. The van der Waals surface area contributed by atoms with Crippen molar-refractivity contribution in [1.82, 2.24) is 10.2 Å². The lowest BCUT2D eigenvalue weighted by molar-refractivity contribution is -0.141. The van der Waals surface area contributed by atoms with Crippen LogP contribution in [0, 0.1) is 11.3 Å². The van der Waals surface area contributed by atoms with Crippen LogP contribution in [-0.2, 0) is 16.0 Å². The molecule has 1 aliphatic heterocycles. The van der Waals surface area contributed by atoms with Gasteiger partial charge in [-0.3, -0.25) is 9.59 Å². The van der Waals surface area contributed by atoms with E-state index in [-0.39, 0.29) is 17.9 Å². The molecule has 4 nitrogen and oxygen atoms in total. The topological polar surface area (TPSA) is 49.4 Å². The number of hydrogen-bond acceptors (Lipinski definition) is 3. The summed E-state index contributed by atoms with van der Waals surface area (Å²) in [5.74, 6) is 0.667. The average molecular weight is 411 g/mol. The first-order valence-corrected chi connectivity index (χ1v) is 11.6. The number of thiophene rings is 1. The third kappa shape index (κ3) is 4.40. The zero-order valence-electron chi connectivity index (χ0n) is 17.3. The lowest BCUT2D eigenvalue weighted by Crippen LogP contribution is -2.52. The van der Waals surface area contributed by atoms with Crippen LogP contribution < -0.4 is 5.32 Å². The van der Waals surface area contributed by atoms with Gasteiger partial charge in [-0.1, -0.05) is 30.3 Å². The molecule has 2 heterocycles. The number of amides is 2. The molecule has 0 spiro atoms. The summed E-state index contributed by atoms with van der Waals surface area (Å²) >= 11 is 1.73. The molecule has 0 unspecified atom stereocenters. The van der Waals surface area contributed by atoms with Crippen molar-refractivity contribution < 1.29 is 9.59 Å². The molecule has 1 saturated heterocycles. The molecule has 1 aromatic heterocycles. The van der Waals surface area contributed by atoms with E-state index >= 15 is 0 Å². The number of likely N-dealkylation sites (tertiary alicyclic amines) is 1. The predicted molar refractivity (Wildman–Crippen MR) is 118 cm³/mol. The summed E-state index contributed by atoms with van der Waals surface area (Å²) in [5, 5.41) is 5.26. The van der Waals surface area contributed by atoms with Gasteiger partial charge in [0.05, 0.1) is 5.41 Å². The Labute approximate surface area is 177 Å². The maximum Gasteiger partial charge on any atom is 0.226 e. The molecular weight excluding hydrogens is 380 g/mol. The molecule has 0 bridgehead atoms. The van der Waals surface area contributed by atoms with Crippen molar-refractivity contribution in [3.63, 3.8) is 0 Å². The molecule has 1 aromatic carbocycles. The first kappa shape index (κ1) is 20.1. The van der Waals surface area contributed by atoms with E-state index in [4.69, 9.17) is 0 Å². The van der Waals surface area contributed by atoms with Gasteiger partial charge >= 0.3 is 0 Å². The van der Waals surface area contributed by atoms with Gasteiger partial charge in [-0.25, -0.2) is 0 Å². The van der Waals surface area contributed by atoms with Crippen LogP contribution in [-0.4, -0.2) is 35.8 Å². The maximum absolute atomic E-state index is 13.3. The van der Waals surface area contributed by atoms with Crippen molar-refractivity contribution in [3.8, 4) is 10.4 Å². The largest absolute Gasteiger partial charge is 0.353 e. The first-order valence-electron chi connectivity index (χ1n) is 10.7. The molecular formula is C24H30N2O2S. The van der Waals surface area contributed by atoms with Crippen molar-refractivity contribution in [1.29, 1.82) is 0 Å². The molecule has 2 aliphatic rings. The number of nitrogens with zero attached hydrogens (tertiary/aromatic N) is 1. The summed E-state index contributed by atoms with van der Waals surface area (Å²) in [6.07, 6.45) is 4.22. The minimum Gasteiger partial charge on any atom is -0.353 e. The molecule has 154 valence electrons. The summed E-state index contributed by atoms with van der Waals surface area (Å²) in [6.45, 7) is 5.39. The minimum absolute atomic E-state index is 0.109. The van der Waals surface area contributed by atoms with Gasteiger partial charge in [0.1, 0.15) is 0 Å². The summed E-state index contributed by atoms with van der Waals surface area (Å²) in [7, 11) is 0. The fourth-order valence-corrected chi connectivity index (χ4v) is 5.14. The van der Waals surface area contributed by atoms with Crippen LogP contribution in [0.25, 0.3) is 10.4 Å². The van der Waals surface area contributed by atoms with Crippen LogP contribution in [0.1, 0.15) is 45.1 Å². The fraction of sp³-hybridized carbons (Fsp3) is 0.500. The van der Waals surface area contributed by atoms with Crippen molar-refractivity contribution in [3.05, 3.63) is 47.3 Å². The molecule has 1 saturated carbocycles. The highest BCUT2D eigenvalue weighted by Gasteiger charge is 2.44. The highest BCUT2D eigenvalue weighted by atomic mass is 32.1. The second-order valence-electron chi connectivity index (χ2n) is 8.82. The van der Waals surface area contributed by atoms with Crippen LogP contribution in [0.4, 0.5) is 0 Å². The third-order valence-corrected chi connectivity index (χ3v) is 7.10. The van der Waals surface area contributed by atoms with Crippen molar-refractivity contribution in [2.75, 3.05) is 13.1 Å².